The van der Waals surface area contributed by atoms with Gasteiger partial charge < -0.3 is 15.3 Å². The van der Waals surface area contributed by atoms with Gasteiger partial charge in [-0.1, -0.05) is 11.8 Å². The second-order valence-corrected chi connectivity index (χ2v) is 5.07. The minimum atomic E-state index is -0.148. The summed E-state index contributed by atoms with van der Waals surface area (Å²) in [6.07, 6.45) is 3.55. The molecule has 1 rings (SSSR count). The summed E-state index contributed by atoms with van der Waals surface area (Å²) in [4.78, 5) is 18.2. The van der Waals surface area contributed by atoms with E-state index in [1.807, 2.05) is 7.05 Å². The normalized spacial score (nSPS) is 10.4. The van der Waals surface area contributed by atoms with Crippen molar-refractivity contribution < 1.29 is 9.90 Å². The number of carbonyl (C=O) groups is 1. The lowest BCUT2D eigenvalue weighted by atomic mass is 10.2. The molecule has 0 aliphatic carbocycles. The van der Waals surface area contributed by atoms with Gasteiger partial charge in [-0.15, -0.1) is 0 Å². The number of aliphatic hydroxyl groups is 1. The second-order valence-electron chi connectivity index (χ2n) is 5.07. The van der Waals surface area contributed by atoms with E-state index in [2.05, 4.69) is 40.9 Å². The highest BCUT2D eigenvalue weighted by Gasteiger charge is 2.07. The molecule has 2 N–H and O–H groups in total. The van der Waals surface area contributed by atoms with Gasteiger partial charge in [-0.3, -0.25) is 9.78 Å². The minimum absolute atomic E-state index is 0.0317. The molecule has 5 nitrogen and oxygen atoms in total. The van der Waals surface area contributed by atoms with Gasteiger partial charge in [0.2, 0.25) is 0 Å². The Kier molecular flexibility index (Phi) is 7.44. The van der Waals surface area contributed by atoms with E-state index in [9.17, 15) is 4.79 Å². The molecule has 5 heteroatoms. The molecule has 0 saturated heterocycles. The largest absolute Gasteiger partial charge is 0.395 e. The molecule has 0 aromatic carbocycles. The topological polar surface area (TPSA) is 65.5 Å². The average molecular weight is 289 g/mol. The fourth-order valence-corrected chi connectivity index (χ4v) is 1.56. The van der Waals surface area contributed by atoms with Crippen LogP contribution in [0.2, 0.25) is 0 Å². The minimum Gasteiger partial charge on any atom is -0.395 e. The zero-order valence-electron chi connectivity index (χ0n) is 12.9. The highest BCUT2D eigenvalue weighted by Crippen LogP contribution is 2.01. The lowest BCUT2D eigenvalue weighted by Crippen LogP contribution is -2.36. The van der Waals surface area contributed by atoms with Crippen molar-refractivity contribution in [3.63, 3.8) is 0 Å². The Labute approximate surface area is 126 Å². The Morgan fingerprint density at radius 1 is 1.48 bits per heavy atom. The highest BCUT2D eigenvalue weighted by molar-refractivity contribution is 5.94. The molecule has 1 heterocycles. The highest BCUT2D eigenvalue weighted by atomic mass is 16.2. The number of nitrogens with zero attached hydrogens (tertiary/aromatic N) is 2. The van der Waals surface area contributed by atoms with E-state index < -0.39 is 0 Å². The molecule has 21 heavy (non-hydrogen) atoms. The van der Waals surface area contributed by atoms with E-state index in [0.717, 1.165) is 6.54 Å². The zero-order chi connectivity index (χ0) is 15.7. The van der Waals surface area contributed by atoms with Crippen molar-refractivity contribution in [1.29, 1.82) is 0 Å². The van der Waals surface area contributed by atoms with E-state index in [1.165, 1.54) is 6.20 Å². The molecule has 0 fully saturated rings. The van der Waals surface area contributed by atoms with Crippen molar-refractivity contribution in [3.8, 4) is 11.8 Å². The molecular formula is C16H23N3O2. The average Bonchev–Trinajstić information content (AvgIpc) is 2.47. The van der Waals surface area contributed by atoms with Gasteiger partial charge in [-0.05, 0) is 27.0 Å². The second kappa shape index (κ2) is 9.11. The molecule has 1 amide bonds. The van der Waals surface area contributed by atoms with Crippen LogP contribution in [0.5, 0.6) is 0 Å². The number of likely N-dealkylation sites (N-methyl/N-ethyl adjacent to an activating group) is 1. The lowest BCUT2D eigenvalue weighted by molar-refractivity contribution is 0.0947. The van der Waals surface area contributed by atoms with Gasteiger partial charge in [0.05, 0.1) is 12.2 Å². The Morgan fingerprint density at radius 3 is 2.90 bits per heavy atom. The molecule has 0 radical (unpaired) electrons. The summed E-state index contributed by atoms with van der Waals surface area (Å²) >= 11 is 0. The van der Waals surface area contributed by atoms with Gasteiger partial charge in [-0.2, -0.15) is 0 Å². The molecule has 0 bridgehead atoms. The third-order valence-corrected chi connectivity index (χ3v) is 3.10. The summed E-state index contributed by atoms with van der Waals surface area (Å²) in [5, 5.41) is 11.6. The smallest absolute Gasteiger partial charge is 0.252 e. The van der Waals surface area contributed by atoms with Crippen LogP contribution in [0.3, 0.4) is 0 Å². The van der Waals surface area contributed by atoms with Gasteiger partial charge in [0.15, 0.2) is 0 Å². The molecule has 0 atom stereocenters. The third-order valence-electron chi connectivity index (χ3n) is 3.10. The Bertz CT molecular complexity index is 518. The fourth-order valence-electron chi connectivity index (χ4n) is 1.56. The summed E-state index contributed by atoms with van der Waals surface area (Å²) in [5.74, 6) is 5.53. The van der Waals surface area contributed by atoms with Gasteiger partial charge in [0.25, 0.3) is 5.91 Å². The van der Waals surface area contributed by atoms with Crippen LogP contribution >= 0.6 is 0 Å². The summed E-state index contributed by atoms with van der Waals surface area (Å²) in [5.41, 5.74) is 1.17. The predicted octanol–water partition coefficient (Wildman–Crippen LogP) is 0.885. The molecule has 0 aliphatic rings. The summed E-state index contributed by atoms with van der Waals surface area (Å²) in [7, 11) is 2.02. The first-order valence-electron chi connectivity index (χ1n) is 7.07. The van der Waals surface area contributed by atoms with Crippen molar-refractivity contribution >= 4 is 5.91 Å². The van der Waals surface area contributed by atoms with Gasteiger partial charge in [-0.25, -0.2) is 0 Å². The first-order valence-corrected chi connectivity index (χ1v) is 7.07. The molecule has 0 aliphatic heterocycles. The molecule has 0 spiro atoms. The van der Waals surface area contributed by atoms with Gasteiger partial charge >= 0.3 is 0 Å². The number of aromatic nitrogens is 1. The van der Waals surface area contributed by atoms with Crippen LogP contribution in [0, 0.1) is 11.8 Å². The van der Waals surface area contributed by atoms with Crippen molar-refractivity contribution in [2.75, 3.05) is 26.7 Å². The van der Waals surface area contributed by atoms with Crippen LogP contribution in [0.25, 0.3) is 0 Å². The van der Waals surface area contributed by atoms with Crippen molar-refractivity contribution in [3.05, 3.63) is 29.6 Å². The number of nitrogens with one attached hydrogen (secondary N) is 1. The quantitative estimate of drug-likeness (QED) is 0.763. The van der Waals surface area contributed by atoms with Crippen LogP contribution in [-0.2, 0) is 0 Å². The summed E-state index contributed by atoms with van der Waals surface area (Å²) in [6.45, 7) is 5.64. The molecule has 0 unspecified atom stereocenters. The Hall–Kier alpha value is -1.90. The van der Waals surface area contributed by atoms with E-state index in [-0.39, 0.29) is 12.5 Å². The van der Waals surface area contributed by atoms with Crippen LogP contribution < -0.4 is 5.32 Å². The number of carbonyl (C=O) groups excluding carboxylic acids is 1. The fraction of sp³-hybridized carbons (Fsp3) is 0.500. The van der Waals surface area contributed by atoms with Gasteiger partial charge in [0.1, 0.15) is 0 Å². The van der Waals surface area contributed by atoms with Crippen molar-refractivity contribution in [1.82, 2.24) is 15.2 Å². The Morgan fingerprint density at radius 2 is 2.24 bits per heavy atom. The number of hydrogen-bond acceptors (Lipinski definition) is 4. The molecule has 1 aromatic rings. The van der Waals surface area contributed by atoms with Crippen molar-refractivity contribution in [2.45, 2.75) is 26.3 Å². The number of hydrogen-bond donors (Lipinski definition) is 2. The van der Waals surface area contributed by atoms with Crippen LogP contribution in [0.15, 0.2) is 18.5 Å². The van der Waals surface area contributed by atoms with Crippen LogP contribution in [0.1, 0.15) is 36.2 Å². The lowest BCUT2D eigenvalue weighted by Gasteiger charge is -2.20. The molecule has 1 aromatic heterocycles. The molecule has 0 saturated carbocycles. The standard InChI is InChI=1S/C16H23N3O2/c1-13(2)19(3)8-7-18-16(21)15-10-14(11-17-12-15)6-4-5-9-20/h10-13,20H,5,7-9H2,1-3H3,(H,18,21). The first kappa shape index (κ1) is 17.2. The maximum atomic E-state index is 12.0. The first-order chi connectivity index (χ1) is 10.0. The van der Waals surface area contributed by atoms with E-state index >= 15 is 0 Å². The molecular weight excluding hydrogens is 266 g/mol. The number of pyridine rings is 1. The SMILES string of the molecule is CC(C)N(C)CCNC(=O)c1cncc(C#CCCO)c1. The van der Waals surface area contributed by atoms with Crippen molar-refractivity contribution in [2.24, 2.45) is 0 Å². The number of amides is 1. The summed E-state index contributed by atoms with van der Waals surface area (Å²) in [6, 6.07) is 2.16. The van der Waals surface area contributed by atoms with Crippen LogP contribution in [-0.4, -0.2) is 53.7 Å². The third kappa shape index (κ3) is 6.39. The number of aliphatic hydroxyl groups excluding tert-OH is 1. The number of rotatable bonds is 6. The Balaban J connectivity index is 2.55. The van der Waals surface area contributed by atoms with Gasteiger partial charge in [0, 0.05) is 43.5 Å². The zero-order valence-corrected chi connectivity index (χ0v) is 12.9. The van der Waals surface area contributed by atoms with E-state index in [0.29, 0.717) is 30.1 Å². The van der Waals surface area contributed by atoms with Crippen LogP contribution in [0.4, 0.5) is 0 Å². The van der Waals surface area contributed by atoms with E-state index in [1.54, 1.807) is 12.3 Å². The maximum absolute atomic E-state index is 12.0. The molecule has 114 valence electrons. The maximum Gasteiger partial charge on any atom is 0.252 e. The van der Waals surface area contributed by atoms with E-state index in [4.69, 9.17) is 5.11 Å². The summed E-state index contributed by atoms with van der Waals surface area (Å²) < 4.78 is 0. The predicted molar refractivity (Wildman–Crippen MR) is 82.9 cm³/mol. The monoisotopic (exact) mass is 289 g/mol.